The van der Waals surface area contributed by atoms with E-state index in [9.17, 15) is 5.26 Å². The third-order valence-corrected chi connectivity index (χ3v) is 4.48. The van der Waals surface area contributed by atoms with Gasteiger partial charge in [0.05, 0.1) is 0 Å². The van der Waals surface area contributed by atoms with Gasteiger partial charge in [0.15, 0.2) is 11.3 Å². The van der Waals surface area contributed by atoms with Crippen LogP contribution in [0.1, 0.15) is 58.9 Å². The molecule has 152 valence electrons. The minimum atomic E-state index is -0.763. The van der Waals surface area contributed by atoms with E-state index >= 15 is 0 Å². The van der Waals surface area contributed by atoms with E-state index in [1.807, 2.05) is 44.2 Å². The molecule has 0 saturated carbocycles. The molecule has 29 heavy (non-hydrogen) atoms. The fourth-order valence-electron chi connectivity index (χ4n) is 3.01. The molecule has 0 amide bonds. The van der Waals surface area contributed by atoms with Crippen molar-refractivity contribution in [2.45, 2.75) is 59.0 Å². The predicted molar refractivity (Wildman–Crippen MR) is 115 cm³/mol. The Kier molecular flexibility index (Phi) is 10.2. The smallest absolute Gasteiger partial charge is 0.172 e. The molecule has 5 nitrogen and oxygen atoms in total. The molecule has 0 aromatic heterocycles. The van der Waals surface area contributed by atoms with Crippen LogP contribution in [0.25, 0.3) is 5.57 Å². The van der Waals surface area contributed by atoms with Crippen molar-refractivity contribution in [2.24, 2.45) is 0 Å². The lowest BCUT2D eigenvalue weighted by Gasteiger charge is -2.22. The SMILES string of the molecule is CC1(C)OC(=C(C#N)C#N)C(C#N)=C1c1ccccc1.CCCCNCCCC. The number of nitrogens with zero attached hydrogens (tertiary/aromatic N) is 3. The Hall–Kier alpha value is -3.07. The van der Waals surface area contributed by atoms with Crippen molar-refractivity contribution in [3.8, 4) is 18.2 Å². The Balaban J connectivity index is 0.000000396. The zero-order chi connectivity index (χ0) is 21.7. The van der Waals surface area contributed by atoms with Crippen molar-refractivity contribution >= 4 is 5.57 Å². The first-order chi connectivity index (χ1) is 14.0. The lowest BCUT2D eigenvalue weighted by Crippen LogP contribution is -2.20. The van der Waals surface area contributed by atoms with Gasteiger partial charge in [-0.25, -0.2) is 0 Å². The van der Waals surface area contributed by atoms with Gasteiger partial charge in [-0.1, -0.05) is 57.0 Å². The van der Waals surface area contributed by atoms with E-state index in [0.29, 0.717) is 5.57 Å². The van der Waals surface area contributed by atoms with Crippen molar-refractivity contribution in [1.82, 2.24) is 5.32 Å². The first kappa shape index (κ1) is 24.0. The number of hydrogen-bond donors (Lipinski definition) is 1. The molecule has 0 atom stereocenters. The van der Waals surface area contributed by atoms with Crippen molar-refractivity contribution < 1.29 is 4.74 Å². The lowest BCUT2D eigenvalue weighted by atomic mass is 9.89. The van der Waals surface area contributed by atoms with Gasteiger partial charge in [0, 0.05) is 5.57 Å². The van der Waals surface area contributed by atoms with E-state index in [-0.39, 0.29) is 16.9 Å². The van der Waals surface area contributed by atoms with Gasteiger partial charge in [-0.15, -0.1) is 0 Å². The van der Waals surface area contributed by atoms with Crippen LogP contribution in [0.4, 0.5) is 0 Å². The number of nitriles is 3. The molecule has 1 aromatic rings. The molecule has 0 fully saturated rings. The summed E-state index contributed by atoms with van der Waals surface area (Å²) in [6, 6.07) is 15.0. The average Bonchev–Trinajstić information content (AvgIpc) is 3.00. The number of rotatable bonds is 7. The van der Waals surface area contributed by atoms with Crippen LogP contribution in [0, 0.1) is 34.0 Å². The Morgan fingerprint density at radius 2 is 1.52 bits per heavy atom. The molecule has 2 rings (SSSR count). The topological polar surface area (TPSA) is 92.6 Å². The van der Waals surface area contributed by atoms with Gasteiger partial charge in [0.1, 0.15) is 29.4 Å². The zero-order valence-corrected chi connectivity index (χ0v) is 17.9. The monoisotopic (exact) mass is 390 g/mol. The van der Waals surface area contributed by atoms with Crippen LogP contribution in [-0.4, -0.2) is 18.7 Å². The fraction of sp³-hybridized carbons (Fsp3) is 0.458. The van der Waals surface area contributed by atoms with E-state index in [1.54, 1.807) is 12.1 Å². The quantitative estimate of drug-likeness (QED) is 0.507. The molecule has 0 saturated heterocycles. The summed E-state index contributed by atoms with van der Waals surface area (Å²) in [6.07, 6.45) is 5.26. The van der Waals surface area contributed by atoms with Crippen LogP contribution in [-0.2, 0) is 4.74 Å². The molecule has 0 bridgehead atoms. The third kappa shape index (κ3) is 6.79. The molecular formula is C24H30N4O. The van der Waals surface area contributed by atoms with Crippen LogP contribution in [0.15, 0.2) is 47.2 Å². The maximum absolute atomic E-state index is 9.40. The summed E-state index contributed by atoms with van der Waals surface area (Å²) in [4.78, 5) is 0. The third-order valence-electron chi connectivity index (χ3n) is 4.48. The number of ether oxygens (including phenoxy) is 1. The van der Waals surface area contributed by atoms with Crippen LogP contribution in [0.3, 0.4) is 0 Å². The normalized spacial score (nSPS) is 14.0. The molecule has 0 spiro atoms. The Morgan fingerprint density at radius 3 is 1.97 bits per heavy atom. The minimum Gasteiger partial charge on any atom is -0.480 e. The number of hydrogen-bond acceptors (Lipinski definition) is 5. The van der Waals surface area contributed by atoms with Gasteiger partial charge < -0.3 is 10.1 Å². The summed E-state index contributed by atoms with van der Waals surface area (Å²) < 4.78 is 5.70. The highest BCUT2D eigenvalue weighted by atomic mass is 16.5. The maximum atomic E-state index is 9.40. The van der Waals surface area contributed by atoms with Gasteiger partial charge in [-0.05, 0) is 45.3 Å². The molecule has 0 aliphatic carbocycles. The summed E-state index contributed by atoms with van der Waals surface area (Å²) >= 11 is 0. The molecule has 0 radical (unpaired) electrons. The summed E-state index contributed by atoms with van der Waals surface area (Å²) in [5, 5.41) is 30.8. The number of allylic oxidation sites excluding steroid dienone is 2. The Labute approximate surface area is 174 Å². The fourth-order valence-corrected chi connectivity index (χ4v) is 3.01. The van der Waals surface area contributed by atoms with Crippen molar-refractivity contribution in [3.05, 3.63) is 52.8 Å². The van der Waals surface area contributed by atoms with Crippen molar-refractivity contribution in [2.75, 3.05) is 13.1 Å². The highest BCUT2D eigenvalue weighted by Crippen LogP contribution is 2.44. The maximum Gasteiger partial charge on any atom is 0.172 e. The molecule has 1 aliphatic rings. The molecule has 1 N–H and O–H groups in total. The standard InChI is InChI=1S/C16H11N3O.C8H19N/c1-16(2)14(11-6-4-3-5-7-11)13(10-19)15(20-16)12(8-17)9-18;1-3-5-7-9-8-6-4-2/h3-7H,1-2H3;9H,3-8H2,1-2H3. The summed E-state index contributed by atoms with van der Waals surface area (Å²) in [6.45, 7) is 10.5. The molecular weight excluding hydrogens is 360 g/mol. The highest BCUT2D eigenvalue weighted by Gasteiger charge is 2.40. The van der Waals surface area contributed by atoms with Crippen LogP contribution in [0.5, 0.6) is 0 Å². The highest BCUT2D eigenvalue weighted by molar-refractivity contribution is 5.84. The van der Waals surface area contributed by atoms with Crippen molar-refractivity contribution in [3.63, 3.8) is 0 Å². The number of nitrogens with one attached hydrogen (secondary N) is 1. The first-order valence-electron chi connectivity index (χ1n) is 10.1. The van der Waals surface area contributed by atoms with Crippen LogP contribution >= 0.6 is 0 Å². The minimum absolute atomic E-state index is 0.0707. The van der Waals surface area contributed by atoms with E-state index in [4.69, 9.17) is 15.3 Å². The van der Waals surface area contributed by atoms with Crippen LogP contribution in [0.2, 0.25) is 0 Å². The molecule has 1 aliphatic heterocycles. The van der Waals surface area contributed by atoms with Crippen LogP contribution < -0.4 is 5.32 Å². The largest absolute Gasteiger partial charge is 0.480 e. The molecule has 1 aromatic carbocycles. The van der Waals surface area contributed by atoms with E-state index in [0.717, 1.165) is 5.56 Å². The predicted octanol–water partition coefficient (Wildman–Crippen LogP) is 5.25. The average molecular weight is 391 g/mol. The molecule has 1 heterocycles. The Morgan fingerprint density at radius 1 is 0.966 bits per heavy atom. The first-order valence-corrected chi connectivity index (χ1v) is 10.1. The van der Waals surface area contributed by atoms with E-state index < -0.39 is 5.60 Å². The van der Waals surface area contributed by atoms with E-state index in [1.165, 1.54) is 38.8 Å². The molecule has 0 unspecified atom stereocenters. The van der Waals surface area contributed by atoms with Gasteiger partial charge >= 0.3 is 0 Å². The second-order valence-corrected chi connectivity index (χ2v) is 7.23. The second kappa shape index (κ2) is 12.4. The van der Waals surface area contributed by atoms with Crippen molar-refractivity contribution in [1.29, 1.82) is 15.8 Å². The van der Waals surface area contributed by atoms with Gasteiger partial charge in [0.2, 0.25) is 0 Å². The van der Waals surface area contributed by atoms with Gasteiger partial charge in [0.25, 0.3) is 0 Å². The van der Waals surface area contributed by atoms with E-state index in [2.05, 4.69) is 25.2 Å². The zero-order valence-electron chi connectivity index (χ0n) is 17.9. The summed E-state index contributed by atoms with van der Waals surface area (Å²) in [5.74, 6) is 0.0707. The molecule has 5 heteroatoms. The number of unbranched alkanes of at least 4 members (excludes halogenated alkanes) is 2. The lowest BCUT2D eigenvalue weighted by molar-refractivity contribution is 0.109. The van der Waals surface area contributed by atoms with Gasteiger partial charge in [-0.2, -0.15) is 15.8 Å². The summed E-state index contributed by atoms with van der Waals surface area (Å²) in [5.41, 5.74) is 0.846. The van der Waals surface area contributed by atoms with Gasteiger partial charge in [-0.3, -0.25) is 0 Å². The second-order valence-electron chi connectivity index (χ2n) is 7.23. The summed E-state index contributed by atoms with van der Waals surface area (Å²) in [7, 11) is 0. The Bertz CT molecular complexity index is 824. The number of benzene rings is 1.